The van der Waals surface area contributed by atoms with Crippen molar-refractivity contribution >= 4 is 17.3 Å². The zero-order valence-electron chi connectivity index (χ0n) is 8.80. The fourth-order valence-corrected chi connectivity index (χ4v) is 1.46. The van der Waals surface area contributed by atoms with Crippen LogP contribution in [0.15, 0.2) is 18.6 Å². The third kappa shape index (κ3) is 2.47. The number of rotatable bonds is 2. The van der Waals surface area contributed by atoms with Crippen LogP contribution in [0.4, 0.5) is 18.9 Å². The van der Waals surface area contributed by atoms with Crippen LogP contribution in [0.2, 0.25) is 5.15 Å². The largest absolute Gasteiger partial charge is 0.435 e. The van der Waals surface area contributed by atoms with Gasteiger partial charge in [0, 0.05) is 6.20 Å². The third-order valence-corrected chi connectivity index (χ3v) is 2.31. The van der Waals surface area contributed by atoms with E-state index in [2.05, 4.69) is 15.1 Å². The van der Waals surface area contributed by atoms with Crippen LogP contribution in [0.5, 0.6) is 0 Å². The SMILES string of the molecule is O=[N+]([O-])c1c(Cl)ncnc1-n1ccc(C(F)(F)F)n1. The minimum atomic E-state index is -4.66. The summed E-state index contributed by atoms with van der Waals surface area (Å²) in [6, 6.07) is 0.666. The van der Waals surface area contributed by atoms with Crippen LogP contribution in [0.3, 0.4) is 0 Å². The van der Waals surface area contributed by atoms with Gasteiger partial charge >= 0.3 is 11.9 Å². The molecule has 0 aromatic carbocycles. The minimum absolute atomic E-state index is 0.444. The monoisotopic (exact) mass is 293 g/mol. The van der Waals surface area contributed by atoms with Crippen molar-refractivity contribution in [2.45, 2.75) is 6.18 Å². The van der Waals surface area contributed by atoms with Gasteiger partial charge in [0.05, 0.1) is 4.92 Å². The van der Waals surface area contributed by atoms with Crippen LogP contribution < -0.4 is 0 Å². The first-order chi connectivity index (χ1) is 8.80. The predicted molar refractivity (Wildman–Crippen MR) is 55.8 cm³/mol. The van der Waals surface area contributed by atoms with Gasteiger partial charge in [0.1, 0.15) is 6.33 Å². The van der Waals surface area contributed by atoms with Gasteiger partial charge in [0.2, 0.25) is 11.0 Å². The Balaban J connectivity index is 2.57. The van der Waals surface area contributed by atoms with E-state index in [0.717, 1.165) is 12.5 Å². The second-order valence-corrected chi connectivity index (χ2v) is 3.60. The number of nitro groups is 1. The Kier molecular flexibility index (Phi) is 3.10. The fourth-order valence-electron chi connectivity index (χ4n) is 1.27. The molecule has 11 heteroatoms. The lowest BCUT2D eigenvalue weighted by atomic mass is 10.4. The van der Waals surface area contributed by atoms with Crippen LogP contribution in [0, 0.1) is 10.1 Å². The third-order valence-electron chi connectivity index (χ3n) is 2.04. The van der Waals surface area contributed by atoms with Crippen LogP contribution in [-0.2, 0) is 6.18 Å². The van der Waals surface area contributed by atoms with Gasteiger partial charge in [-0.25, -0.2) is 14.6 Å². The lowest BCUT2D eigenvalue weighted by Crippen LogP contribution is -2.09. The van der Waals surface area contributed by atoms with Crippen molar-refractivity contribution < 1.29 is 18.1 Å². The Morgan fingerprint density at radius 1 is 1.37 bits per heavy atom. The summed E-state index contributed by atoms with van der Waals surface area (Å²) < 4.78 is 37.8. The number of nitrogens with zero attached hydrogens (tertiary/aromatic N) is 5. The van der Waals surface area contributed by atoms with Crippen molar-refractivity contribution in [1.82, 2.24) is 19.7 Å². The lowest BCUT2D eigenvalue weighted by Gasteiger charge is -2.03. The number of aromatic nitrogens is 4. The van der Waals surface area contributed by atoms with Gasteiger partial charge in [0.25, 0.3) is 0 Å². The molecule has 0 aliphatic rings. The van der Waals surface area contributed by atoms with Crippen molar-refractivity contribution in [3.63, 3.8) is 0 Å². The maximum absolute atomic E-state index is 12.4. The Labute approximate surface area is 107 Å². The normalized spacial score (nSPS) is 11.6. The Hall–Kier alpha value is -2.23. The van der Waals surface area contributed by atoms with E-state index in [9.17, 15) is 23.3 Å². The smallest absolute Gasteiger partial charge is 0.258 e. The Morgan fingerprint density at radius 2 is 2.05 bits per heavy atom. The van der Waals surface area contributed by atoms with Crippen molar-refractivity contribution in [2.24, 2.45) is 0 Å². The summed E-state index contributed by atoms with van der Waals surface area (Å²) in [4.78, 5) is 16.8. The quantitative estimate of drug-likeness (QED) is 0.481. The summed E-state index contributed by atoms with van der Waals surface area (Å²) in [5.41, 5.74) is -1.92. The molecule has 0 unspecified atom stereocenters. The van der Waals surface area contributed by atoms with E-state index in [4.69, 9.17) is 11.6 Å². The maximum atomic E-state index is 12.4. The molecule has 0 saturated heterocycles. The molecule has 0 fully saturated rings. The van der Waals surface area contributed by atoms with Crippen molar-refractivity contribution in [3.05, 3.63) is 39.6 Å². The van der Waals surface area contributed by atoms with E-state index >= 15 is 0 Å². The Bertz CT molecular complexity index is 642. The summed E-state index contributed by atoms with van der Waals surface area (Å²) >= 11 is 5.51. The molecule has 0 bridgehead atoms. The molecule has 0 spiro atoms. The molecule has 2 heterocycles. The molecule has 0 N–H and O–H groups in total. The van der Waals surface area contributed by atoms with Crippen molar-refractivity contribution in [1.29, 1.82) is 0 Å². The molecule has 0 saturated carbocycles. The second kappa shape index (κ2) is 4.46. The summed E-state index contributed by atoms with van der Waals surface area (Å²) in [6.45, 7) is 0. The van der Waals surface area contributed by atoms with E-state index < -0.39 is 33.5 Å². The number of hydrogen-bond acceptors (Lipinski definition) is 5. The molecule has 0 aliphatic carbocycles. The Morgan fingerprint density at radius 3 is 2.58 bits per heavy atom. The highest BCUT2D eigenvalue weighted by molar-refractivity contribution is 6.31. The molecule has 2 aromatic heterocycles. The molecule has 7 nitrogen and oxygen atoms in total. The molecular formula is C8H3ClF3N5O2. The highest BCUT2D eigenvalue weighted by atomic mass is 35.5. The summed E-state index contributed by atoms with van der Waals surface area (Å²) in [5, 5.41) is 13.5. The van der Waals surface area contributed by atoms with Gasteiger partial charge in [0.15, 0.2) is 5.69 Å². The predicted octanol–water partition coefficient (Wildman–Crippen LogP) is 2.24. The maximum Gasteiger partial charge on any atom is 0.435 e. The van der Waals surface area contributed by atoms with E-state index in [0.29, 0.717) is 10.7 Å². The standard InChI is InChI=1S/C8H3ClF3N5O2/c9-6-5(17(18)19)7(14-3-13-6)16-2-1-4(15-16)8(10,11)12/h1-3H. The lowest BCUT2D eigenvalue weighted by molar-refractivity contribution is -0.385. The molecule has 2 aromatic rings. The summed E-state index contributed by atoms with van der Waals surface area (Å²) in [6.07, 6.45) is -2.87. The van der Waals surface area contributed by atoms with Gasteiger partial charge < -0.3 is 0 Å². The topological polar surface area (TPSA) is 86.7 Å². The second-order valence-electron chi connectivity index (χ2n) is 3.24. The zero-order valence-corrected chi connectivity index (χ0v) is 9.55. The van der Waals surface area contributed by atoms with E-state index in [1.807, 2.05) is 0 Å². The molecule has 0 radical (unpaired) electrons. The van der Waals surface area contributed by atoms with Gasteiger partial charge in [-0.2, -0.15) is 18.3 Å². The molecule has 100 valence electrons. The molecule has 19 heavy (non-hydrogen) atoms. The summed E-state index contributed by atoms with van der Waals surface area (Å²) in [5.74, 6) is -0.444. The highest BCUT2D eigenvalue weighted by Gasteiger charge is 2.34. The van der Waals surface area contributed by atoms with E-state index in [-0.39, 0.29) is 0 Å². The van der Waals surface area contributed by atoms with Crippen LogP contribution in [-0.4, -0.2) is 24.7 Å². The van der Waals surface area contributed by atoms with Crippen LogP contribution in [0.25, 0.3) is 5.82 Å². The average Bonchev–Trinajstić information content (AvgIpc) is 2.76. The summed E-state index contributed by atoms with van der Waals surface area (Å²) in [7, 11) is 0. The molecule has 0 amide bonds. The number of hydrogen-bond donors (Lipinski definition) is 0. The van der Waals surface area contributed by atoms with Crippen LogP contribution >= 0.6 is 11.6 Å². The van der Waals surface area contributed by atoms with Crippen molar-refractivity contribution in [2.75, 3.05) is 0 Å². The molecule has 2 rings (SSSR count). The molecular weight excluding hydrogens is 291 g/mol. The first-order valence-electron chi connectivity index (χ1n) is 4.59. The number of halogens is 4. The highest BCUT2D eigenvalue weighted by Crippen LogP contribution is 2.30. The van der Waals surface area contributed by atoms with Gasteiger partial charge in [-0.15, -0.1) is 0 Å². The first-order valence-corrected chi connectivity index (χ1v) is 4.96. The van der Waals surface area contributed by atoms with E-state index in [1.165, 1.54) is 0 Å². The molecule has 0 aliphatic heterocycles. The molecule has 0 atom stereocenters. The minimum Gasteiger partial charge on any atom is -0.258 e. The van der Waals surface area contributed by atoms with Crippen LogP contribution in [0.1, 0.15) is 5.69 Å². The number of alkyl halides is 3. The fraction of sp³-hybridized carbons (Fsp3) is 0.125. The van der Waals surface area contributed by atoms with Crippen molar-refractivity contribution in [3.8, 4) is 5.82 Å². The first kappa shape index (κ1) is 13.2. The average molecular weight is 294 g/mol. The van der Waals surface area contributed by atoms with Gasteiger partial charge in [-0.05, 0) is 6.07 Å². The zero-order chi connectivity index (χ0) is 14.2. The van der Waals surface area contributed by atoms with Gasteiger partial charge in [-0.1, -0.05) is 11.6 Å². The van der Waals surface area contributed by atoms with Gasteiger partial charge in [-0.3, -0.25) is 10.1 Å². The van der Waals surface area contributed by atoms with E-state index in [1.54, 1.807) is 0 Å².